The van der Waals surface area contributed by atoms with Crippen molar-refractivity contribution >= 4 is 44.0 Å². The van der Waals surface area contributed by atoms with Crippen LogP contribution in [0.3, 0.4) is 0 Å². The van der Waals surface area contributed by atoms with Crippen LogP contribution in [0.25, 0.3) is 11.2 Å². The van der Waals surface area contributed by atoms with Crippen LogP contribution < -0.4 is 10.8 Å². The van der Waals surface area contributed by atoms with Crippen LogP contribution in [0.2, 0.25) is 0 Å². The number of hydrogen-bond donors (Lipinski definition) is 2. The second kappa shape index (κ2) is 12.7. The number of aromatic nitrogens is 4. The van der Waals surface area contributed by atoms with Crippen LogP contribution in [0.4, 0.5) is 5.82 Å². The number of unbranched alkanes of at least 4 members (excludes halogenated alkanes) is 2. The lowest BCUT2D eigenvalue weighted by atomic mass is 10.0. The normalized spacial score (nSPS) is 22.5. The summed E-state index contributed by atoms with van der Waals surface area (Å²) in [5.41, 5.74) is 6.94. The summed E-state index contributed by atoms with van der Waals surface area (Å²) in [6.07, 6.45) is 6.07. The van der Waals surface area contributed by atoms with Crippen molar-refractivity contribution in [3.63, 3.8) is 0 Å². The van der Waals surface area contributed by atoms with Crippen molar-refractivity contribution in [3.8, 4) is 0 Å². The Labute approximate surface area is 201 Å². The Hall–Kier alpha value is -1.72. The second-order valence-electron chi connectivity index (χ2n) is 8.08. The number of carbonyl (C=O) groups excluding carboxylic acids is 1. The molecule has 0 aromatic carbocycles. The zero-order valence-electron chi connectivity index (χ0n) is 19.4. The van der Waals surface area contributed by atoms with Crippen LogP contribution in [-0.2, 0) is 29.9 Å². The second-order valence-corrected chi connectivity index (χ2v) is 10.2. The maximum Gasteiger partial charge on any atom is 0.323 e. The molecule has 3 N–H and O–H groups in total. The number of rotatable bonds is 11. The van der Waals surface area contributed by atoms with E-state index in [1.807, 2.05) is 13.8 Å². The number of hydrogen-bond acceptors (Lipinski definition) is 9. The Morgan fingerprint density at radius 2 is 2.15 bits per heavy atom. The van der Waals surface area contributed by atoms with E-state index >= 15 is 0 Å². The molecular formula is C20H35N6O5PS. The van der Waals surface area contributed by atoms with Crippen LogP contribution in [0.15, 0.2) is 12.7 Å². The molecule has 3 heterocycles. The molecule has 3 rings (SSSR count). The van der Waals surface area contributed by atoms with Gasteiger partial charge in [0.1, 0.15) is 30.3 Å². The van der Waals surface area contributed by atoms with Crippen LogP contribution in [0, 0.1) is 5.92 Å². The number of anilines is 1. The fourth-order valence-corrected chi connectivity index (χ4v) is 5.22. The third kappa shape index (κ3) is 7.13. The van der Waals surface area contributed by atoms with Gasteiger partial charge in [0.15, 0.2) is 11.5 Å². The van der Waals surface area contributed by atoms with Gasteiger partial charge in [-0.2, -0.15) is 13.5 Å². The highest BCUT2D eigenvalue weighted by Crippen LogP contribution is 2.47. The minimum absolute atomic E-state index is 0. The molecule has 2 aromatic heterocycles. The van der Waals surface area contributed by atoms with Gasteiger partial charge in [0.25, 0.3) is 7.52 Å². The highest BCUT2D eigenvalue weighted by atomic mass is 32.1. The van der Waals surface area contributed by atoms with Gasteiger partial charge in [-0.05, 0) is 12.3 Å². The third-order valence-corrected chi connectivity index (χ3v) is 7.30. The monoisotopic (exact) mass is 502 g/mol. The summed E-state index contributed by atoms with van der Waals surface area (Å²) < 4.78 is 32.0. The van der Waals surface area contributed by atoms with Crippen LogP contribution in [0.5, 0.6) is 0 Å². The molecule has 4 atom stereocenters. The van der Waals surface area contributed by atoms with E-state index in [4.69, 9.17) is 19.7 Å². The third-order valence-electron chi connectivity index (χ3n) is 5.57. The molecule has 0 bridgehead atoms. The molecule has 1 aliphatic rings. The molecule has 2 unspecified atom stereocenters. The predicted octanol–water partition coefficient (Wildman–Crippen LogP) is 2.83. The van der Waals surface area contributed by atoms with Gasteiger partial charge in [-0.1, -0.05) is 40.0 Å². The molecule has 0 spiro atoms. The van der Waals surface area contributed by atoms with Crippen molar-refractivity contribution in [3.05, 3.63) is 12.7 Å². The minimum atomic E-state index is -3.36. The lowest BCUT2D eigenvalue weighted by Gasteiger charge is -2.33. The minimum Gasteiger partial charge on any atom is -0.465 e. The summed E-state index contributed by atoms with van der Waals surface area (Å²) in [4.78, 5) is 25.0. The number of nitrogens with zero attached hydrogens (tertiary/aromatic N) is 4. The van der Waals surface area contributed by atoms with E-state index in [9.17, 15) is 9.36 Å². The van der Waals surface area contributed by atoms with Crippen molar-refractivity contribution in [2.75, 3.05) is 25.3 Å². The molecular weight excluding hydrogens is 467 g/mol. The Morgan fingerprint density at radius 3 is 2.82 bits per heavy atom. The summed E-state index contributed by atoms with van der Waals surface area (Å²) >= 11 is 0. The molecule has 1 aliphatic heterocycles. The van der Waals surface area contributed by atoms with Gasteiger partial charge in [0, 0.05) is 0 Å². The van der Waals surface area contributed by atoms with Gasteiger partial charge in [0.05, 0.1) is 26.1 Å². The summed E-state index contributed by atoms with van der Waals surface area (Å²) in [6, 6.07) is -0.718. The van der Waals surface area contributed by atoms with Crippen molar-refractivity contribution < 1.29 is 23.4 Å². The zero-order valence-corrected chi connectivity index (χ0v) is 21.3. The summed E-state index contributed by atoms with van der Waals surface area (Å²) in [6.45, 7) is 6.84. The average molecular weight is 503 g/mol. The Kier molecular flexibility index (Phi) is 10.6. The van der Waals surface area contributed by atoms with E-state index in [0.717, 1.165) is 25.7 Å². The van der Waals surface area contributed by atoms with E-state index < -0.39 is 19.5 Å². The Morgan fingerprint density at radius 1 is 1.36 bits per heavy atom. The maximum absolute atomic E-state index is 13.2. The van der Waals surface area contributed by atoms with Crippen molar-refractivity contribution in [2.45, 2.75) is 65.1 Å². The first-order chi connectivity index (χ1) is 15.4. The number of nitrogens with one attached hydrogen (secondary N) is 1. The van der Waals surface area contributed by atoms with Crippen molar-refractivity contribution in [1.82, 2.24) is 24.6 Å². The van der Waals surface area contributed by atoms with E-state index in [2.05, 4.69) is 27.0 Å². The molecule has 0 amide bonds. The number of esters is 1. The van der Waals surface area contributed by atoms with Gasteiger partial charge in [-0.25, -0.2) is 20.0 Å². The Bertz CT molecular complexity index is 948. The van der Waals surface area contributed by atoms with Gasteiger partial charge < -0.3 is 24.3 Å². The van der Waals surface area contributed by atoms with E-state index in [1.54, 1.807) is 10.9 Å². The molecule has 33 heavy (non-hydrogen) atoms. The fraction of sp³-hybridized carbons (Fsp3) is 0.700. The molecule has 0 radical (unpaired) electrons. The molecule has 11 nitrogen and oxygen atoms in total. The lowest BCUT2D eigenvalue weighted by molar-refractivity contribution is -0.147. The number of nitrogen functional groups attached to an aromatic ring is 1. The average Bonchev–Trinajstić information content (AvgIpc) is 3.20. The van der Waals surface area contributed by atoms with Gasteiger partial charge in [0.2, 0.25) is 0 Å². The zero-order chi connectivity index (χ0) is 23.1. The number of fused-ring (bicyclic) bond motifs is 1. The van der Waals surface area contributed by atoms with E-state index in [1.165, 1.54) is 6.33 Å². The quantitative estimate of drug-likeness (QED) is 0.267. The highest BCUT2D eigenvalue weighted by Gasteiger charge is 2.38. The van der Waals surface area contributed by atoms with Crippen LogP contribution in [-0.4, -0.2) is 57.2 Å². The van der Waals surface area contributed by atoms with Crippen molar-refractivity contribution in [2.24, 2.45) is 5.92 Å². The van der Waals surface area contributed by atoms with E-state index in [0.29, 0.717) is 30.1 Å². The molecule has 186 valence electrons. The van der Waals surface area contributed by atoms with Crippen molar-refractivity contribution in [1.29, 1.82) is 0 Å². The first kappa shape index (κ1) is 27.5. The smallest absolute Gasteiger partial charge is 0.323 e. The number of nitrogens with two attached hydrogens (primary N) is 1. The standard InChI is InChI=1S/C20H33N6O5P.H2S/c1-4-6-7-8-29-20(27)16(14(3)5-2)25-32(28)13-30-15(10-31-32)9-26-12-24-17-18(21)22-11-23-19(17)26;/h11-12,14-16H,4-10,13H2,1-3H3,(H,25,28)(H2,21,22,23);1H2/t14?,15-,16-,32?;/m0./s1. The first-order valence-corrected chi connectivity index (χ1v) is 12.9. The van der Waals surface area contributed by atoms with E-state index in [-0.39, 0.29) is 38.5 Å². The molecule has 2 aromatic rings. The SMILES string of the molecule is CCCCCOC(=O)[C@@H](NP1(=O)CO[C@@H](Cn2cnc3c(N)ncnc32)CO1)C(C)CC.S. The summed E-state index contributed by atoms with van der Waals surface area (Å²) in [5.74, 6) is -0.164. The number of carbonyl (C=O) groups is 1. The molecule has 0 aliphatic carbocycles. The van der Waals surface area contributed by atoms with Crippen LogP contribution in [0.1, 0.15) is 46.5 Å². The fourth-order valence-electron chi connectivity index (χ4n) is 3.40. The Balaban J connectivity index is 0.00000385. The summed E-state index contributed by atoms with van der Waals surface area (Å²) in [7, 11) is -3.36. The van der Waals surface area contributed by atoms with Gasteiger partial charge in [-0.15, -0.1) is 0 Å². The van der Waals surface area contributed by atoms with Gasteiger partial charge in [-0.3, -0.25) is 9.36 Å². The van der Waals surface area contributed by atoms with Gasteiger partial charge >= 0.3 is 5.97 Å². The predicted molar refractivity (Wildman–Crippen MR) is 130 cm³/mol. The summed E-state index contributed by atoms with van der Waals surface area (Å²) in [5, 5.41) is 2.92. The molecule has 1 fully saturated rings. The largest absolute Gasteiger partial charge is 0.465 e. The van der Waals surface area contributed by atoms with Crippen LogP contribution >= 0.6 is 21.0 Å². The maximum atomic E-state index is 13.2. The molecule has 13 heteroatoms. The highest BCUT2D eigenvalue weighted by molar-refractivity contribution is 7.59. The lowest BCUT2D eigenvalue weighted by Crippen LogP contribution is -2.44. The number of imidazole rings is 1. The first-order valence-electron chi connectivity index (χ1n) is 11.1. The molecule has 1 saturated heterocycles. The molecule has 0 saturated carbocycles. The number of ether oxygens (including phenoxy) is 2. The topological polar surface area (TPSA) is 143 Å².